The molecule has 1 aliphatic carbocycles. The summed E-state index contributed by atoms with van der Waals surface area (Å²) in [6.07, 6.45) is 4.12. The fourth-order valence-corrected chi connectivity index (χ4v) is 4.95. The van der Waals surface area contributed by atoms with E-state index in [0.717, 1.165) is 19.1 Å². The summed E-state index contributed by atoms with van der Waals surface area (Å²) in [5, 5.41) is 3.04. The standard InChI is InChI=1S/C23H24ClFN2O4S/c1-32(30,31)17-5-2-4-16(12-17)23(29)27-11-3-6-20(27)22(28)26-21(14-7-8-14)15-9-10-18(24)19(25)13-15/h2,4-5,9-10,12-14,20-21H,3,6-8,11H2,1H3,(H,26,28)/t20-,21?/m1/s1. The van der Waals surface area contributed by atoms with Gasteiger partial charge in [0, 0.05) is 18.4 Å². The Morgan fingerprint density at radius 2 is 1.91 bits per heavy atom. The van der Waals surface area contributed by atoms with Crippen LogP contribution in [0.3, 0.4) is 0 Å². The van der Waals surface area contributed by atoms with Gasteiger partial charge in [0.1, 0.15) is 11.9 Å². The van der Waals surface area contributed by atoms with Gasteiger partial charge in [-0.15, -0.1) is 0 Å². The van der Waals surface area contributed by atoms with E-state index < -0.39 is 21.7 Å². The molecule has 0 bridgehead atoms. The molecule has 32 heavy (non-hydrogen) atoms. The van der Waals surface area contributed by atoms with Gasteiger partial charge in [0.05, 0.1) is 16.0 Å². The third-order valence-corrected chi connectivity index (χ3v) is 7.44. The Labute approximate surface area is 191 Å². The average Bonchev–Trinajstić information content (AvgIpc) is 3.48. The molecule has 1 saturated heterocycles. The van der Waals surface area contributed by atoms with Crippen LogP contribution in [0, 0.1) is 11.7 Å². The molecule has 170 valence electrons. The second-order valence-corrected chi connectivity index (χ2v) is 10.9. The molecule has 2 aliphatic rings. The maximum atomic E-state index is 14.0. The molecule has 1 heterocycles. The van der Waals surface area contributed by atoms with Crippen molar-refractivity contribution in [3.63, 3.8) is 0 Å². The van der Waals surface area contributed by atoms with Crippen molar-refractivity contribution in [2.24, 2.45) is 5.92 Å². The molecule has 1 saturated carbocycles. The molecule has 0 aromatic heterocycles. The van der Waals surface area contributed by atoms with E-state index in [9.17, 15) is 22.4 Å². The number of carbonyl (C=O) groups is 2. The van der Waals surface area contributed by atoms with Gasteiger partial charge in [-0.3, -0.25) is 9.59 Å². The summed E-state index contributed by atoms with van der Waals surface area (Å²) < 4.78 is 37.7. The molecule has 4 rings (SSSR count). The van der Waals surface area contributed by atoms with Crippen molar-refractivity contribution < 1.29 is 22.4 Å². The van der Waals surface area contributed by atoms with Gasteiger partial charge in [0.25, 0.3) is 5.91 Å². The Bertz CT molecular complexity index is 1170. The maximum absolute atomic E-state index is 14.0. The van der Waals surface area contributed by atoms with Gasteiger partial charge in [-0.25, -0.2) is 12.8 Å². The summed E-state index contributed by atoms with van der Waals surface area (Å²) in [7, 11) is -3.46. The van der Waals surface area contributed by atoms with Crippen LogP contribution in [-0.2, 0) is 14.6 Å². The van der Waals surface area contributed by atoms with E-state index in [2.05, 4.69) is 5.32 Å². The molecule has 6 nitrogen and oxygen atoms in total. The summed E-state index contributed by atoms with van der Waals surface area (Å²) >= 11 is 5.80. The van der Waals surface area contributed by atoms with Crippen molar-refractivity contribution in [3.8, 4) is 0 Å². The molecular weight excluding hydrogens is 455 g/mol. The van der Waals surface area contributed by atoms with Gasteiger partial charge in [-0.2, -0.15) is 0 Å². The molecule has 2 amide bonds. The molecule has 1 N–H and O–H groups in total. The molecule has 0 radical (unpaired) electrons. The third-order valence-electron chi connectivity index (χ3n) is 6.02. The third kappa shape index (κ3) is 4.81. The molecular formula is C23H24ClFN2O4S. The fourth-order valence-electron chi connectivity index (χ4n) is 4.17. The van der Waals surface area contributed by atoms with Gasteiger partial charge >= 0.3 is 0 Å². The number of nitrogens with one attached hydrogen (secondary N) is 1. The van der Waals surface area contributed by atoms with Crippen LogP contribution in [-0.4, -0.2) is 44.0 Å². The number of amides is 2. The minimum absolute atomic E-state index is 0.0264. The van der Waals surface area contributed by atoms with Crippen LogP contribution in [0.4, 0.5) is 4.39 Å². The van der Waals surface area contributed by atoms with Crippen LogP contribution in [0.1, 0.15) is 47.6 Å². The van der Waals surface area contributed by atoms with Crippen LogP contribution < -0.4 is 5.32 Å². The molecule has 9 heteroatoms. The average molecular weight is 479 g/mol. The zero-order valence-electron chi connectivity index (χ0n) is 17.6. The summed E-state index contributed by atoms with van der Waals surface area (Å²) in [5.41, 5.74) is 0.880. The second-order valence-electron chi connectivity index (χ2n) is 8.45. The van der Waals surface area contributed by atoms with E-state index in [4.69, 9.17) is 11.6 Å². The highest BCUT2D eigenvalue weighted by atomic mass is 35.5. The van der Waals surface area contributed by atoms with E-state index >= 15 is 0 Å². The lowest BCUT2D eigenvalue weighted by Gasteiger charge is -2.27. The summed E-state index contributed by atoms with van der Waals surface area (Å²) in [4.78, 5) is 27.8. The highest BCUT2D eigenvalue weighted by Gasteiger charge is 2.39. The zero-order valence-corrected chi connectivity index (χ0v) is 19.1. The Morgan fingerprint density at radius 1 is 1.16 bits per heavy atom. The Kier molecular flexibility index (Phi) is 6.27. The van der Waals surface area contributed by atoms with Gasteiger partial charge in [-0.1, -0.05) is 23.7 Å². The quantitative estimate of drug-likeness (QED) is 0.685. The van der Waals surface area contributed by atoms with Crippen LogP contribution >= 0.6 is 11.6 Å². The number of halogens is 2. The number of hydrogen-bond donors (Lipinski definition) is 1. The number of sulfone groups is 1. The zero-order chi connectivity index (χ0) is 23.0. The van der Waals surface area contributed by atoms with Crippen molar-refractivity contribution >= 4 is 33.3 Å². The Hall–Kier alpha value is -2.45. The van der Waals surface area contributed by atoms with E-state index in [1.807, 2.05) is 0 Å². The lowest BCUT2D eigenvalue weighted by atomic mass is 10.0. The van der Waals surface area contributed by atoms with Crippen LogP contribution in [0.2, 0.25) is 5.02 Å². The van der Waals surface area contributed by atoms with Gasteiger partial charge in [0.2, 0.25) is 5.91 Å². The molecule has 2 fully saturated rings. The Balaban J connectivity index is 1.53. The molecule has 0 spiro atoms. The van der Waals surface area contributed by atoms with Crippen molar-refractivity contribution in [3.05, 3.63) is 64.4 Å². The predicted octanol–water partition coefficient (Wildman–Crippen LogP) is 3.75. The van der Waals surface area contributed by atoms with E-state index in [-0.39, 0.29) is 39.3 Å². The van der Waals surface area contributed by atoms with Gasteiger partial charge in [0.15, 0.2) is 9.84 Å². The Morgan fingerprint density at radius 3 is 2.56 bits per heavy atom. The highest BCUT2D eigenvalue weighted by Crippen LogP contribution is 2.41. The largest absolute Gasteiger partial charge is 0.347 e. The number of nitrogens with zero attached hydrogens (tertiary/aromatic N) is 1. The SMILES string of the molecule is CS(=O)(=O)c1cccc(C(=O)N2CCC[C@@H]2C(=O)NC(c2ccc(Cl)c(F)c2)C2CC2)c1. The van der Waals surface area contributed by atoms with Crippen molar-refractivity contribution in [1.82, 2.24) is 10.2 Å². The molecule has 2 atom stereocenters. The van der Waals surface area contributed by atoms with Gasteiger partial charge in [-0.05, 0) is 67.5 Å². The first-order valence-corrected chi connectivity index (χ1v) is 12.8. The summed E-state index contributed by atoms with van der Waals surface area (Å²) in [5.74, 6) is -0.986. The first-order chi connectivity index (χ1) is 15.1. The van der Waals surface area contributed by atoms with Gasteiger partial charge < -0.3 is 10.2 Å². The lowest BCUT2D eigenvalue weighted by Crippen LogP contribution is -2.47. The van der Waals surface area contributed by atoms with Crippen molar-refractivity contribution in [2.75, 3.05) is 12.8 Å². The van der Waals surface area contributed by atoms with Crippen molar-refractivity contribution in [1.29, 1.82) is 0 Å². The van der Waals surface area contributed by atoms with E-state index in [1.54, 1.807) is 12.1 Å². The lowest BCUT2D eigenvalue weighted by molar-refractivity contribution is -0.125. The molecule has 1 unspecified atom stereocenters. The molecule has 2 aromatic rings. The minimum atomic E-state index is -3.46. The van der Waals surface area contributed by atoms with E-state index in [1.165, 1.54) is 35.2 Å². The fraction of sp³-hybridized carbons (Fsp3) is 0.391. The molecule has 2 aromatic carbocycles. The number of benzene rings is 2. The second kappa shape index (κ2) is 8.83. The smallest absolute Gasteiger partial charge is 0.254 e. The van der Waals surface area contributed by atoms with Crippen LogP contribution in [0.5, 0.6) is 0 Å². The number of hydrogen-bond acceptors (Lipinski definition) is 4. The topological polar surface area (TPSA) is 83.6 Å². The minimum Gasteiger partial charge on any atom is -0.347 e. The number of likely N-dealkylation sites (tertiary alicyclic amines) is 1. The van der Waals surface area contributed by atoms with E-state index in [0.29, 0.717) is 24.9 Å². The molecule has 1 aliphatic heterocycles. The predicted molar refractivity (Wildman–Crippen MR) is 119 cm³/mol. The number of rotatable bonds is 6. The van der Waals surface area contributed by atoms with Crippen LogP contribution in [0.15, 0.2) is 47.4 Å². The first-order valence-electron chi connectivity index (χ1n) is 10.5. The first kappa shape index (κ1) is 22.7. The highest BCUT2D eigenvalue weighted by molar-refractivity contribution is 7.90. The normalized spacial score (nSPS) is 19.6. The summed E-state index contributed by atoms with van der Waals surface area (Å²) in [6.45, 7) is 0.406. The maximum Gasteiger partial charge on any atom is 0.254 e. The summed E-state index contributed by atoms with van der Waals surface area (Å²) in [6, 6.07) is 9.38. The number of carbonyl (C=O) groups excluding carboxylic acids is 2. The monoisotopic (exact) mass is 478 g/mol. The van der Waals surface area contributed by atoms with Crippen LogP contribution in [0.25, 0.3) is 0 Å². The van der Waals surface area contributed by atoms with Crippen molar-refractivity contribution in [2.45, 2.75) is 42.7 Å².